The van der Waals surface area contributed by atoms with Gasteiger partial charge in [-0.3, -0.25) is 14.5 Å². The maximum atomic E-state index is 12.2. The number of anilines is 1. The lowest BCUT2D eigenvalue weighted by Gasteiger charge is -2.31. The zero-order chi connectivity index (χ0) is 16.4. The topological polar surface area (TPSA) is 75.6 Å². The third kappa shape index (κ3) is 4.21. The number of rotatable bonds is 5. The second-order valence-corrected chi connectivity index (χ2v) is 7.96. The molecule has 0 N–H and O–H groups in total. The van der Waals surface area contributed by atoms with Crippen LogP contribution in [0.5, 0.6) is 0 Å². The molecule has 7 nitrogen and oxygen atoms in total. The van der Waals surface area contributed by atoms with Crippen LogP contribution in [0.3, 0.4) is 0 Å². The molecule has 2 aliphatic rings. The Labute approximate surface area is 143 Å². The van der Waals surface area contributed by atoms with Gasteiger partial charge in [-0.15, -0.1) is 10.2 Å². The highest BCUT2D eigenvalue weighted by Crippen LogP contribution is 2.35. The van der Waals surface area contributed by atoms with E-state index in [1.165, 1.54) is 23.1 Å². The summed E-state index contributed by atoms with van der Waals surface area (Å²) in [6.45, 7) is 5.40. The van der Waals surface area contributed by atoms with Gasteiger partial charge in [-0.05, 0) is 19.8 Å². The number of nitrogens with zero attached hydrogens (tertiary/aromatic N) is 4. The molecule has 2 fully saturated rings. The van der Waals surface area contributed by atoms with Gasteiger partial charge in [-0.25, -0.2) is 0 Å². The smallest absolute Gasteiger partial charge is 0.233 e. The summed E-state index contributed by atoms with van der Waals surface area (Å²) in [5.41, 5.74) is 0. The van der Waals surface area contributed by atoms with Crippen LogP contribution in [0.25, 0.3) is 0 Å². The van der Waals surface area contributed by atoms with Gasteiger partial charge >= 0.3 is 0 Å². The molecular weight excluding hydrogens is 336 g/mol. The number of hydrogen-bond acceptors (Lipinski definition) is 7. The van der Waals surface area contributed by atoms with Crippen LogP contribution in [0, 0.1) is 0 Å². The molecular formula is C14H20N4O3S2. The Morgan fingerprint density at radius 3 is 2.87 bits per heavy atom. The molecule has 23 heavy (non-hydrogen) atoms. The minimum Gasteiger partial charge on any atom is -0.375 e. The van der Waals surface area contributed by atoms with Gasteiger partial charge < -0.3 is 9.64 Å². The molecule has 2 heterocycles. The summed E-state index contributed by atoms with van der Waals surface area (Å²) in [6, 6.07) is 0.273. The highest BCUT2D eigenvalue weighted by molar-refractivity contribution is 8.01. The third-order valence-electron chi connectivity index (χ3n) is 3.77. The molecule has 0 radical (unpaired) electrons. The van der Waals surface area contributed by atoms with E-state index in [1.807, 2.05) is 11.8 Å². The van der Waals surface area contributed by atoms with Crippen molar-refractivity contribution in [2.45, 2.75) is 43.2 Å². The number of ether oxygens (including phenoxy) is 1. The van der Waals surface area contributed by atoms with Gasteiger partial charge in [0, 0.05) is 26.1 Å². The molecule has 1 aliphatic carbocycles. The first kappa shape index (κ1) is 16.7. The molecule has 0 bridgehead atoms. The Hall–Kier alpha value is -1.19. The third-order valence-corrected chi connectivity index (χ3v) is 5.81. The Morgan fingerprint density at radius 2 is 2.22 bits per heavy atom. The number of thioether (sulfide) groups is 1. The van der Waals surface area contributed by atoms with Crippen LogP contribution in [0.1, 0.15) is 26.7 Å². The summed E-state index contributed by atoms with van der Waals surface area (Å²) in [5.74, 6) is 0.427. The number of carbonyl (C=O) groups is 2. The first-order valence-electron chi connectivity index (χ1n) is 7.70. The Balaban J connectivity index is 1.54. The summed E-state index contributed by atoms with van der Waals surface area (Å²) in [5, 5.41) is 8.85. The van der Waals surface area contributed by atoms with Gasteiger partial charge in [0.25, 0.3) is 0 Å². The van der Waals surface area contributed by atoms with E-state index >= 15 is 0 Å². The predicted molar refractivity (Wildman–Crippen MR) is 88.8 cm³/mol. The Morgan fingerprint density at radius 1 is 1.43 bits per heavy atom. The second-order valence-electron chi connectivity index (χ2n) is 5.78. The van der Waals surface area contributed by atoms with Crippen molar-refractivity contribution in [3.05, 3.63) is 0 Å². The van der Waals surface area contributed by atoms with E-state index in [4.69, 9.17) is 4.74 Å². The van der Waals surface area contributed by atoms with E-state index in [0.717, 1.165) is 17.2 Å². The zero-order valence-corrected chi connectivity index (χ0v) is 14.9. The maximum Gasteiger partial charge on any atom is 0.233 e. The van der Waals surface area contributed by atoms with Crippen molar-refractivity contribution in [1.29, 1.82) is 0 Å². The van der Waals surface area contributed by atoms with E-state index in [0.29, 0.717) is 30.6 Å². The molecule has 126 valence electrons. The van der Waals surface area contributed by atoms with Crippen LogP contribution in [-0.2, 0) is 14.3 Å². The van der Waals surface area contributed by atoms with Gasteiger partial charge in [0.1, 0.15) is 0 Å². The molecule has 1 aliphatic heterocycles. The van der Waals surface area contributed by atoms with Crippen LogP contribution in [0.15, 0.2) is 4.34 Å². The standard InChI is InChI=1S/C14H20N4O3S2/c1-9-7-17(5-6-21-9)12(20)8-22-14-16-15-13(23-14)18(10(2)19)11-3-4-11/h9,11H,3-8H2,1-2H3. The van der Waals surface area contributed by atoms with Crippen LogP contribution < -0.4 is 4.90 Å². The van der Waals surface area contributed by atoms with Gasteiger partial charge in [-0.1, -0.05) is 23.1 Å². The number of carbonyl (C=O) groups excluding carboxylic acids is 2. The first-order valence-corrected chi connectivity index (χ1v) is 9.50. The zero-order valence-electron chi connectivity index (χ0n) is 13.2. The average molecular weight is 356 g/mol. The van der Waals surface area contributed by atoms with Gasteiger partial charge in [0.2, 0.25) is 16.9 Å². The van der Waals surface area contributed by atoms with E-state index < -0.39 is 0 Å². The molecule has 1 saturated heterocycles. The summed E-state index contributed by atoms with van der Waals surface area (Å²) < 4.78 is 6.17. The monoisotopic (exact) mass is 356 g/mol. The van der Waals surface area contributed by atoms with Crippen LogP contribution in [0.2, 0.25) is 0 Å². The van der Waals surface area contributed by atoms with E-state index in [2.05, 4.69) is 10.2 Å². The molecule has 1 aromatic heterocycles. The molecule has 3 rings (SSSR count). The van der Waals surface area contributed by atoms with Gasteiger partial charge in [0.05, 0.1) is 18.5 Å². The quantitative estimate of drug-likeness (QED) is 0.586. The Bertz CT molecular complexity index is 590. The van der Waals surface area contributed by atoms with E-state index in [-0.39, 0.29) is 24.0 Å². The minimum absolute atomic E-state index is 0.00131. The number of aromatic nitrogens is 2. The predicted octanol–water partition coefficient (Wildman–Crippen LogP) is 1.39. The molecule has 1 aromatic rings. The Kier molecular flexibility index (Phi) is 5.17. The summed E-state index contributed by atoms with van der Waals surface area (Å²) in [7, 11) is 0. The minimum atomic E-state index is -0.00131. The van der Waals surface area contributed by atoms with Gasteiger partial charge in [-0.2, -0.15) is 0 Å². The fourth-order valence-electron chi connectivity index (χ4n) is 2.50. The number of amides is 2. The second kappa shape index (κ2) is 7.14. The number of hydrogen-bond donors (Lipinski definition) is 0. The SMILES string of the molecule is CC(=O)N(c1nnc(SCC(=O)N2CCOC(C)C2)s1)C1CC1. The van der Waals surface area contributed by atoms with Crippen LogP contribution in [0.4, 0.5) is 5.13 Å². The van der Waals surface area contributed by atoms with Crippen LogP contribution in [-0.4, -0.2) is 64.5 Å². The summed E-state index contributed by atoms with van der Waals surface area (Å²) >= 11 is 2.76. The molecule has 0 aromatic carbocycles. The highest BCUT2D eigenvalue weighted by atomic mass is 32.2. The lowest BCUT2D eigenvalue weighted by Crippen LogP contribution is -2.45. The number of morpholine rings is 1. The van der Waals surface area contributed by atoms with Crippen molar-refractivity contribution >= 4 is 40.0 Å². The van der Waals surface area contributed by atoms with Crippen molar-refractivity contribution in [3.63, 3.8) is 0 Å². The van der Waals surface area contributed by atoms with Crippen molar-refractivity contribution < 1.29 is 14.3 Å². The van der Waals surface area contributed by atoms with Crippen molar-refractivity contribution in [2.75, 3.05) is 30.3 Å². The molecule has 1 atom stereocenters. The lowest BCUT2D eigenvalue weighted by molar-refractivity contribution is -0.135. The molecule has 9 heteroatoms. The van der Waals surface area contributed by atoms with Crippen molar-refractivity contribution in [1.82, 2.24) is 15.1 Å². The first-order chi connectivity index (χ1) is 11.0. The fraction of sp³-hybridized carbons (Fsp3) is 0.714. The molecule has 0 spiro atoms. The average Bonchev–Trinajstić information content (AvgIpc) is 3.23. The fourth-order valence-corrected chi connectivity index (χ4v) is 4.36. The van der Waals surface area contributed by atoms with Crippen molar-refractivity contribution in [2.24, 2.45) is 0 Å². The maximum absolute atomic E-state index is 12.2. The lowest BCUT2D eigenvalue weighted by atomic mass is 10.3. The largest absolute Gasteiger partial charge is 0.375 e. The van der Waals surface area contributed by atoms with E-state index in [1.54, 1.807) is 11.8 Å². The van der Waals surface area contributed by atoms with E-state index in [9.17, 15) is 9.59 Å². The summed E-state index contributed by atoms with van der Waals surface area (Å²) in [4.78, 5) is 27.5. The van der Waals surface area contributed by atoms with Crippen molar-refractivity contribution in [3.8, 4) is 0 Å². The summed E-state index contributed by atoms with van der Waals surface area (Å²) in [6.07, 6.45) is 2.14. The normalized spacial score (nSPS) is 21.3. The van der Waals surface area contributed by atoms with Gasteiger partial charge in [0.15, 0.2) is 4.34 Å². The molecule has 1 saturated carbocycles. The molecule has 2 amide bonds. The highest BCUT2D eigenvalue weighted by Gasteiger charge is 2.34. The van der Waals surface area contributed by atoms with Crippen LogP contribution >= 0.6 is 23.1 Å². The molecule has 1 unspecified atom stereocenters.